The molecule has 1 saturated heterocycles. The molecule has 70 valence electrons. The van der Waals surface area contributed by atoms with Gasteiger partial charge in [0.25, 0.3) is 0 Å². The van der Waals surface area contributed by atoms with E-state index in [9.17, 15) is 4.79 Å². The van der Waals surface area contributed by atoms with Crippen molar-refractivity contribution in [3.8, 4) is 0 Å². The number of rotatable bonds is 3. The first kappa shape index (κ1) is 9.44. The number of hydroxylamine groups is 2. The Morgan fingerprint density at radius 1 is 1.83 bits per heavy atom. The molecule has 0 radical (unpaired) electrons. The van der Waals surface area contributed by atoms with E-state index in [2.05, 4.69) is 0 Å². The third-order valence-corrected chi connectivity index (χ3v) is 1.84. The molecule has 0 amide bonds. The minimum absolute atomic E-state index is 0.198. The maximum atomic E-state index is 10.6. The van der Waals surface area contributed by atoms with Crippen molar-refractivity contribution in [3.63, 3.8) is 0 Å². The fourth-order valence-electron chi connectivity index (χ4n) is 1.21. The van der Waals surface area contributed by atoms with Crippen molar-refractivity contribution in [1.82, 2.24) is 5.06 Å². The van der Waals surface area contributed by atoms with E-state index in [1.165, 1.54) is 5.06 Å². The topological polar surface area (TPSA) is 70.0 Å². The lowest BCUT2D eigenvalue weighted by molar-refractivity contribution is -0.174. The van der Waals surface area contributed by atoms with Gasteiger partial charge >= 0.3 is 5.97 Å². The summed E-state index contributed by atoms with van der Waals surface area (Å²) in [6.45, 7) is 2.25. The van der Waals surface area contributed by atoms with E-state index in [1.54, 1.807) is 6.92 Å². The molecule has 0 aromatic heterocycles. The zero-order valence-electron chi connectivity index (χ0n) is 6.93. The number of aliphatic hydroxyl groups is 1. The highest BCUT2D eigenvalue weighted by atomic mass is 16.7. The Balaban J connectivity index is 2.49. The largest absolute Gasteiger partial charge is 0.480 e. The molecule has 0 saturated carbocycles. The van der Waals surface area contributed by atoms with Gasteiger partial charge in [0, 0.05) is 0 Å². The standard InChI is InChI=1S/C7H13NO4/c1-2-6(7(10)11)8-3-5(9)4-12-8/h5-6,9H,2-4H2,1H3,(H,10,11)/t5-,6?/m1/s1. The van der Waals surface area contributed by atoms with Crippen LogP contribution in [-0.4, -0.2) is 46.5 Å². The van der Waals surface area contributed by atoms with Crippen LogP contribution in [0.3, 0.4) is 0 Å². The highest BCUT2D eigenvalue weighted by molar-refractivity contribution is 5.73. The number of aliphatic carboxylic acids is 1. The first-order chi connectivity index (χ1) is 5.65. The lowest BCUT2D eigenvalue weighted by Crippen LogP contribution is -2.38. The monoisotopic (exact) mass is 175 g/mol. The molecule has 12 heavy (non-hydrogen) atoms. The molecule has 0 aromatic carbocycles. The Labute approximate surface area is 70.5 Å². The SMILES string of the molecule is CCC(C(=O)O)N1C[C@@H](O)CO1. The minimum Gasteiger partial charge on any atom is -0.480 e. The van der Waals surface area contributed by atoms with E-state index in [1.807, 2.05) is 0 Å². The van der Waals surface area contributed by atoms with Crippen LogP contribution in [0.4, 0.5) is 0 Å². The Bertz CT molecular complexity index is 173. The quantitative estimate of drug-likeness (QED) is 0.602. The molecule has 5 heteroatoms. The summed E-state index contributed by atoms with van der Waals surface area (Å²) in [4.78, 5) is 15.6. The van der Waals surface area contributed by atoms with Gasteiger partial charge in [0.05, 0.1) is 19.3 Å². The van der Waals surface area contributed by atoms with Crippen molar-refractivity contribution in [2.45, 2.75) is 25.5 Å². The van der Waals surface area contributed by atoms with E-state index in [0.29, 0.717) is 6.42 Å². The number of hydrogen-bond acceptors (Lipinski definition) is 4. The average molecular weight is 175 g/mol. The first-order valence-electron chi connectivity index (χ1n) is 3.95. The number of β-amino-alcohol motifs (C(OH)–C–C–N with tert-alkyl or cyclic N) is 1. The van der Waals surface area contributed by atoms with E-state index < -0.39 is 18.1 Å². The molecule has 2 atom stereocenters. The van der Waals surface area contributed by atoms with Crippen LogP contribution >= 0.6 is 0 Å². The van der Waals surface area contributed by atoms with Crippen molar-refractivity contribution in [1.29, 1.82) is 0 Å². The van der Waals surface area contributed by atoms with Crippen LogP contribution in [0.1, 0.15) is 13.3 Å². The second-order valence-electron chi connectivity index (χ2n) is 2.81. The Kier molecular flexibility index (Phi) is 3.02. The molecule has 1 fully saturated rings. The number of carboxylic acids is 1. The molecule has 0 spiro atoms. The zero-order valence-corrected chi connectivity index (χ0v) is 6.93. The molecule has 1 aliphatic rings. The van der Waals surface area contributed by atoms with Crippen LogP contribution in [0.25, 0.3) is 0 Å². The number of carbonyl (C=O) groups is 1. The second-order valence-corrected chi connectivity index (χ2v) is 2.81. The van der Waals surface area contributed by atoms with Crippen molar-refractivity contribution in [2.24, 2.45) is 0 Å². The number of carboxylic acid groups (broad SMARTS) is 1. The normalized spacial score (nSPS) is 27.3. The summed E-state index contributed by atoms with van der Waals surface area (Å²) in [5.41, 5.74) is 0. The Morgan fingerprint density at radius 3 is 2.83 bits per heavy atom. The van der Waals surface area contributed by atoms with Gasteiger partial charge in [0.2, 0.25) is 0 Å². The average Bonchev–Trinajstić information content (AvgIpc) is 2.37. The second kappa shape index (κ2) is 3.84. The van der Waals surface area contributed by atoms with Gasteiger partial charge in [0.1, 0.15) is 6.04 Å². The van der Waals surface area contributed by atoms with Crippen molar-refractivity contribution >= 4 is 5.97 Å². The lowest BCUT2D eigenvalue weighted by atomic mass is 10.2. The van der Waals surface area contributed by atoms with Crippen molar-refractivity contribution in [3.05, 3.63) is 0 Å². The smallest absolute Gasteiger partial charge is 0.323 e. The lowest BCUT2D eigenvalue weighted by Gasteiger charge is -2.20. The molecule has 1 rings (SSSR count). The van der Waals surface area contributed by atoms with Gasteiger partial charge in [0.15, 0.2) is 0 Å². The molecule has 1 aliphatic heterocycles. The molecule has 0 aliphatic carbocycles. The van der Waals surface area contributed by atoms with E-state index in [0.717, 1.165) is 0 Å². The van der Waals surface area contributed by atoms with Gasteiger partial charge in [-0.05, 0) is 6.42 Å². The maximum absolute atomic E-state index is 10.6. The summed E-state index contributed by atoms with van der Waals surface area (Å²) in [7, 11) is 0. The van der Waals surface area contributed by atoms with E-state index >= 15 is 0 Å². The maximum Gasteiger partial charge on any atom is 0.323 e. The molecular formula is C7H13NO4. The molecule has 0 aromatic rings. The summed E-state index contributed by atoms with van der Waals surface area (Å²) in [6.07, 6.45) is -0.0828. The summed E-state index contributed by atoms with van der Waals surface area (Å²) in [5, 5.41) is 19.1. The zero-order chi connectivity index (χ0) is 9.14. The van der Waals surface area contributed by atoms with Crippen LogP contribution in [0, 0.1) is 0 Å². The first-order valence-corrected chi connectivity index (χ1v) is 3.95. The van der Waals surface area contributed by atoms with E-state index in [-0.39, 0.29) is 13.2 Å². The fourth-order valence-corrected chi connectivity index (χ4v) is 1.21. The third-order valence-electron chi connectivity index (χ3n) is 1.84. The van der Waals surface area contributed by atoms with E-state index in [4.69, 9.17) is 15.1 Å². The highest BCUT2D eigenvalue weighted by Gasteiger charge is 2.31. The summed E-state index contributed by atoms with van der Waals surface area (Å²) in [6, 6.07) is -0.637. The van der Waals surface area contributed by atoms with Crippen LogP contribution in [0.5, 0.6) is 0 Å². The molecular weight excluding hydrogens is 162 g/mol. The number of hydrogen-bond donors (Lipinski definition) is 2. The molecule has 2 N–H and O–H groups in total. The molecule has 0 bridgehead atoms. The van der Waals surface area contributed by atoms with Crippen LogP contribution in [-0.2, 0) is 9.63 Å². The van der Waals surface area contributed by atoms with Crippen LogP contribution in [0.2, 0.25) is 0 Å². The summed E-state index contributed by atoms with van der Waals surface area (Å²) in [5.74, 6) is -0.911. The summed E-state index contributed by atoms with van der Waals surface area (Å²) >= 11 is 0. The van der Waals surface area contributed by atoms with Gasteiger partial charge in [-0.3, -0.25) is 9.63 Å². The van der Waals surface area contributed by atoms with Crippen molar-refractivity contribution < 1.29 is 19.8 Å². The number of nitrogens with zero attached hydrogens (tertiary/aromatic N) is 1. The van der Waals surface area contributed by atoms with Gasteiger partial charge in [-0.1, -0.05) is 6.92 Å². The highest BCUT2D eigenvalue weighted by Crippen LogP contribution is 2.12. The number of aliphatic hydroxyl groups excluding tert-OH is 1. The van der Waals surface area contributed by atoms with Gasteiger partial charge in [-0.15, -0.1) is 0 Å². The Hall–Kier alpha value is -0.650. The van der Waals surface area contributed by atoms with Gasteiger partial charge < -0.3 is 10.2 Å². The Morgan fingerprint density at radius 2 is 2.50 bits per heavy atom. The van der Waals surface area contributed by atoms with Crippen molar-refractivity contribution in [2.75, 3.05) is 13.2 Å². The van der Waals surface area contributed by atoms with Crippen LogP contribution in [0.15, 0.2) is 0 Å². The predicted octanol–water partition coefficient (Wildman–Crippen LogP) is -0.542. The molecule has 1 heterocycles. The summed E-state index contributed by atoms with van der Waals surface area (Å²) < 4.78 is 0. The molecule has 5 nitrogen and oxygen atoms in total. The van der Waals surface area contributed by atoms with Gasteiger partial charge in [-0.25, -0.2) is 0 Å². The third kappa shape index (κ3) is 1.94. The van der Waals surface area contributed by atoms with Crippen LogP contribution < -0.4 is 0 Å². The fraction of sp³-hybridized carbons (Fsp3) is 0.857. The minimum atomic E-state index is -0.911. The van der Waals surface area contributed by atoms with Gasteiger partial charge in [-0.2, -0.15) is 5.06 Å². The molecule has 1 unspecified atom stereocenters. The predicted molar refractivity (Wildman–Crippen MR) is 40.4 cm³/mol.